The first kappa shape index (κ1) is 17.3. The van der Waals surface area contributed by atoms with E-state index in [0.29, 0.717) is 6.79 Å². The summed E-state index contributed by atoms with van der Waals surface area (Å²) in [6.45, 7) is 8.40. The van der Waals surface area contributed by atoms with Crippen molar-refractivity contribution >= 4 is 31.9 Å². The van der Waals surface area contributed by atoms with Crippen LogP contribution in [-0.4, -0.2) is 18.9 Å². The summed E-state index contributed by atoms with van der Waals surface area (Å²) in [5.74, 6) is 1.55. The molecular weight excluding hydrogens is 398 g/mol. The van der Waals surface area contributed by atoms with Crippen molar-refractivity contribution in [2.24, 2.45) is 5.92 Å². The molecule has 0 radical (unpaired) electrons. The lowest BCUT2D eigenvalue weighted by atomic mass is 10.1. The van der Waals surface area contributed by atoms with E-state index in [4.69, 9.17) is 9.47 Å². The van der Waals surface area contributed by atoms with Crippen molar-refractivity contribution in [3.05, 3.63) is 26.6 Å². The second kappa shape index (κ2) is 7.44. The maximum absolute atomic E-state index is 5.71. The van der Waals surface area contributed by atoms with Crippen molar-refractivity contribution in [2.75, 3.05) is 13.4 Å². The monoisotopic (exact) mass is 419 g/mol. The summed E-state index contributed by atoms with van der Waals surface area (Å²) < 4.78 is 13.1. The maximum Gasteiger partial charge on any atom is 0.189 e. The zero-order chi connectivity index (χ0) is 15.5. The smallest absolute Gasteiger partial charge is 0.189 e. The minimum atomic E-state index is 0.102. The molecule has 0 aliphatic heterocycles. The fourth-order valence-electron chi connectivity index (χ4n) is 1.82. The van der Waals surface area contributed by atoms with Crippen LogP contribution in [0.2, 0.25) is 0 Å². The van der Waals surface area contributed by atoms with E-state index in [2.05, 4.69) is 70.1 Å². The highest BCUT2D eigenvalue weighted by Crippen LogP contribution is 2.35. The minimum absolute atomic E-state index is 0.102. The average Bonchev–Trinajstić information content (AvgIpc) is 3.18. The predicted molar refractivity (Wildman–Crippen MR) is 92.6 cm³/mol. The van der Waals surface area contributed by atoms with Gasteiger partial charge in [-0.3, -0.25) is 0 Å². The molecule has 2 rings (SSSR count). The molecule has 0 unspecified atom stereocenters. The van der Waals surface area contributed by atoms with Crippen LogP contribution in [0.5, 0.6) is 5.75 Å². The lowest BCUT2D eigenvalue weighted by Gasteiger charge is -2.21. The first-order valence-corrected chi connectivity index (χ1v) is 8.87. The Morgan fingerprint density at radius 1 is 1.19 bits per heavy atom. The third kappa shape index (κ3) is 6.27. The van der Waals surface area contributed by atoms with E-state index in [9.17, 15) is 0 Å². The van der Waals surface area contributed by atoms with Gasteiger partial charge in [-0.2, -0.15) is 0 Å². The van der Waals surface area contributed by atoms with E-state index in [-0.39, 0.29) is 5.54 Å². The van der Waals surface area contributed by atoms with E-state index in [1.165, 1.54) is 18.4 Å². The van der Waals surface area contributed by atoms with E-state index in [1.807, 2.05) is 0 Å². The first-order valence-electron chi connectivity index (χ1n) is 7.28. The number of nitrogens with one attached hydrogen (secondary N) is 1. The molecule has 118 valence electrons. The Balaban J connectivity index is 1.89. The van der Waals surface area contributed by atoms with Crippen molar-refractivity contribution in [3.8, 4) is 5.75 Å². The van der Waals surface area contributed by atoms with Crippen LogP contribution >= 0.6 is 31.9 Å². The molecule has 0 bridgehead atoms. The standard InChI is InChI=1S/C16H23Br2NO2/c1-16(2,3)19-8-12-6-13(17)15(14(18)7-12)21-10-20-9-11-4-5-11/h6-7,11,19H,4-5,8-10H2,1-3H3. The normalized spacial score (nSPS) is 15.3. The fraction of sp³-hybridized carbons (Fsp3) is 0.625. The van der Waals surface area contributed by atoms with Crippen molar-refractivity contribution in [2.45, 2.75) is 45.7 Å². The Labute approximate surface area is 144 Å². The number of hydrogen-bond acceptors (Lipinski definition) is 3. The Morgan fingerprint density at radius 2 is 1.81 bits per heavy atom. The van der Waals surface area contributed by atoms with Gasteiger partial charge in [0.1, 0.15) is 0 Å². The van der Waals surface area contributed by atoms with Crippen LogP contribution in [0.4, 0.5) is 0 Å². The van der Waals surface area contributed by atoms with Crippen LogP contribution in [-0.2, 0) is 11.3 Å². The van der Waals surface area contributed by atoms with E-state index < -0.39 is 0 Å². The number of ether oxygens (including phenoxy) is 2. The highest BCUT2D eigenvalue weighted by molar-refractivity contribution is 9.11. The molecule has 0 amide bonds. The van der Waals surface area contributed by atoms with Crippen LogP contribution < -0.4 is 10.1 Å². The molecule has 1 aliphatic rings. The van der Waals surface area contributed by atoms with Gasteiger partial charge in [0.2, 0.25) is 0 Å². The van der Waals surface area contributed by atoms with Gasteiger partial charge >= 0.3 is 0 Å². The number of halogens is 2. The lowest BCUT2D eigenvalue weighted by molar-refractivity contribution is 0.00913. The van der Waals surface area contributed by atoms with Gasteiger partial charge in [-0.15, -0.1) is 0 Å². The van der Waals surface area contributed by atoms with Crippen molar-refractivity contribution < 1.29 is 9.47 Å². The Bertz CT molecular complexity index is 459. The van der Waals surface area contributed by atoms with Crippen LogP contribution in [0, 0.1) is 5.92 Å². The third-order valence-corrected chi connectivity index (χ3v) is 4.40. The summed E-state index contributed by atoms with van der Waals surface area (Å²) in [7, 11) is 0. The van der Waals surface area contributed by atoms with Crippen LogP contribution in [0.1, 0.15) is 39.2 Å². The molecule has 3 nitrogen and oxygen atoms in total. The van der Waals surface area contributed by atoms with Gasteiger partial charge < -0.3 is 14.8 Å². The predicted octanol–water partition coefficient (Wildman–Crippen LogP) is 4.86. The molecule has 1 N–H and O–H groups in total. The summed E-state index contributed by atoms with van der Waals surface area (Å²) >= 11 is 7.15. The SMILES string of the molecule is CC(C)(C)NCc1cc(Br)c(OCOCC2CC2)c(Br)c1. The molecule has 1 aromatic rings. The topological polar surface area (TPSA) is 30.5 Å². The van der Waals surface area contributed by atoms with Gasteiger partial charge in [-0.05, 0) is 89.1 Å². The van der Waals surface area contributed by atoms with Crippen molar-refractivity contribution in [1.82, 2.24) is 5.32 Å². The quantitative estimate of drug-likeness (QED) is 0.504. The van der Waals surface area contributed by atoms with Gasteiger partial charge in [0.15, 0.2) is 12.5 Å². The number of rotatable bonds is 7. The van der Waals surface area contributed by atoms with Crippen molar-refractivity contribution in [3.63, 3.8) is 0 Å². The van der Waals surface area contributed by atoms with Gasteiger partial charge in [0.05, 0.1) is 15.6 Å². The Kier molecular flexibility index (Phi) is 6.12. The van der Waals surface area contributed by atoms with Crippen LogP contribution in [0.15, 0.2) is 21.1 Å². The largest absolute Gasteiger partial charge is 0.465 e. The second-order valence-electron chi connectivity index (χ2n) is 6.57. The zero-order valence-electron chi connectivity index (χ0n) is 12.8. The molecule has 1 aromatic carbocycles. The molecule has 0 aromatic heterocycles. The van der Waals surface area contributed by atoms with E-state index >= 15 is 0 Å². The second-order valence-corrected chi connectivity index (χ2v) is 8.28. The van der Waals surface area contributed by atoms with Crippen molar-refractivity contribution in [1.29, 1.82) is 0 Å². The molecule has 21 heavy (non-hydrogen) atoms. The van der Waals surface area contributed by atoms with Gasteiger partial charge in [-0.25, -0.2) is 0 Å². The molecule has 0 spiro atoms. The fourth-order valence-corrected chi connectivity index (χ4v) is 3.33. The molecular formula is C16H23Br2NO2. The number of hydrogen-bond donors (Lipinski definition) is 1. The molecule has 1 fully saturated rings. The molecule has 1 saturated carbocycles. The first-order chi connectivity index (χ1) is 9.85. The highest BCUT2D eigenvalue weighted by atomic mass is 79.9. The van der Waals surface area contributed by atoms with Gasteiger partial charge in [0.25, 0.3) is 0 Å². The average molecular weight is 421 g/mol. The summed E-state index contributed by atoms with van der Waals surface area (Å²) in [5, 5.41) is 3.48. The molecule has 0 heterocycles. The summed E-state index contributed by atoms with van der Waals surface area (Å²) in [4.78, 5) is 0. The number of benzene rings is 1. The molecule has 0 atom stereocenters. The molecule has 0 saturated heterocycles. The lowest BCUT2D eigenvalue weighted by Crippen LogP contribution is -2.35. The van der Waals surface area contributed by atoms with Crippen LogP contribution in [0.3, 0.4) is 0 Å². The zero-order valence-corrected chi connectivity index (χ0v) is 16.0. The highest BCUT2D eigenvalue weighted by Gasteiger charge is 2.21. The Hall–Kier alpha value is -0.100. The summed E-state index contributed by atoms with van der Waals surface area (Å²) in [6.07, 6.45) is 2.59. The molecule has 1 aliphatic carbocycles. The molecule has 5 heteroatoms. The summed E-state index contributed by atoms with van der Waals surface area (Å²) in [5.41, 5.74) is 1.31. The third-order valence-electron chi connectivity index (χ3n) is 3.22. The van der Waals surface area contributed by atoms with Gasteiger partial charge in [0, 0.05) is 12.1 Å². The Morgan fingerprint density at radius 3 is 2.33 bits per heavy atom. The minimum Gasteiger partial charge on any atom is -0.465 e. The van der Waals surface area contributed by atoms with Gasteiger partial charge in [-0.1, -0.05) is 0 Å². The summed E-state index contributed by atoms with van der Waals surface area (Å²) in [6, 6.07) is 4.17. The van der Waals surface area contributed by atoms with Crippen LogP contribution in [0.25, 0.3) is 0 Å². The maximum atomic E-state index is 5.71. The van der Waals surface area contributed by atoms with E-state index in [1.54, 1.807) is 0 Å². The van der Waals surface area contributed by atoms with E-state index in [0.717, 1.165) is 33.8 Å².